The molecule has 0 radical (unpaired) electrons. The van der Waals surface area contributed by atoms with Gasteiger partial charge in [0.15, 0.2) is 12.9 Å². The molecule has 3 heterocycles. The van der Waals surface area contributed by atoms with Gasteiger partial charge in [0.25, 0.3) is 5.91 Å². The number of nitrogens with one attached hydrogen (secondary N) is 2. The van der Waals surface area contributed by atoms with E-state index in [0.29, 0.717) is 18.8 Å². The topological polar surface area (TPSA) is 85.9 Å². The smallest absolute Gasteiger partial charge is 0.257 e. The van der Waals surface area contributed by atoms with Gasteiger partial charge in [0.05, 0.1) is 4.75 Å². The summed E-state index contributed by atoms with van der Waals surface area (Å²) in [7, 11) is 1.59. The lowest BCUT2D eigenvalue weighted by Crippen LogP contribution is -2.37. The van der Waals surface area contributed by atoms with Crippen molar-refractivity contribution < 1.29 is 23.9 Å². The minimum atomic E-state index is -0.343. The van der Waals surface area contributed by atoms with Crippen molar-refractivity contribution in [2.75, 3.05) is 26.0 Å². The van der Waals surface area contributed by atoms with E-state index < -0.39 is 0 Å². The minimum Gasteiger partial charge on any atom is -0.484 e. The molecular formula is C25H32N2O5S2. The van der Waals surface area contributed by atoms with Crippen LogP contribution >= 0.6 is 23.1 Å². The Morgan fingerprint density at radius 3 is 2.65 bits per heavy atom. The van der Waals surface area contributed by atoms with E-state index in [1.54, 1.807) is 18.4 Å². The molecule has 2 aliphatic rings. The van der Waals surface area contributed by atoms with E-state index in [1.807, 2.05) is 36.0 Å². The summed E-state index contributed by atoms with van der Waals surface area (Å²) >= 11 is 3.62. The van der Waals surface area contributed by atoms with Crippen LogP contribution in [0.5, 0.6) is 5.75 Å². The Balaban J connectivity index is 1.41. The van der Waals surface area contributed by atoms with Crippen molar-refractivity contribution in [1.82, 2.24) is 10.8 Å². The predicted octanol–water partition coefficient (Wildman–Crippen LogP) is 4.62. The van der Waals surface area contributed by atoms with Crippen LogP contribution in [0.1, 0.15) is 49.8 Å². The monoisotopic (exact) mass is 504 g/mol. The van der Waals surface area contributed by atoms with Crippen LogP contribution in [0.25, 0.3) is 10.4 Å². The van der Waals surface area contributed by atoms with Crippen molar-refractivity contribution in [3.05, 3.63) is 41.3 Å². The fourth-order valence-electron chi connectivity index (χ4n) is 4.18. The van der Waals surface area contributed by atoms with Crippen molar-refractivity contribution in [3.8, 4) is 16.2 Å². The van der Waals surface area contributed by atoms with Crippen molar-refractivity contribution in [2.24, 2.45) is 0 Å². The second-order valence-corrected chi connectivity index (χ2v) is 11.1. The number of thiophene rings is 1. The van der Waals surface area contributed by atoms with Crippen LogP contribution in [-0.2, 0) is 23.9 Å². The molecule has 2 aromatic rings. The third-order valence-corrected chi connectivity index (χ3v) is 9.17. The largest absolute Gasteiger partial charge is 0.484 e. The van der Waals surface area contributed by atoms with E-state index in [4.69, 9.17) is 14.3 Å². The zero-order valence-electron chi connectivity index (χ0n) is 19.5. The van der Waals surface area contributed by atoms with E-state index in [1.165, 1.54) is 11.3 Å². The van der Waals surface area contributed by atoms with Crippen LogP contribution in [-0.4, -0.2) is 44.1 Å². The van der Waals surface area contributed by atoms with Crippen LogP contribution in [0.2, 0.25) is 0 Å². The summed E-state index contributed by atoms with van der Waals surface area (Å²) in [6.45, 7) is 0.677. The van der Waals surface area contributed by atoms with Crippen LogP contribution in [0.3, 0.4) is 0 Å². The van der Waals surface area contributed by atoms with Gasteiger partial charge in [-0.1, -0.05) is 6.42 Å². The Labute approximate surface area is 208 Å². The molecule has 2 saturated heterocycles. The molecule has 0 bridgehead atoms. The van der Waals surface area contributed by atoms with Crippen LogP contribution < -0.4 is 15.5 Å². The van der Waals surface area contributed by atoms with E-state index in [9.17, 15) is 9.59 Å². The molecule has 2 atom stereocenters. The first-order valence-corrected chi connectivity index (χ1v) is 13.6. The van der Waals surface area contributed by atoms with Gasteiger partial charge in [-0.25, -0.2) is 10.3 Å². The summed E-state index contributed by atoms with van der Waals surface area (Å²) in [5, 5.41) is 2.54. The van der Waals surface area contributed by atoms with Gasteiger partial charge >= 0.3 is 0 Å². The van der Waals surface area contributed by atoms with Crippen LogP contribution in [0.15, 0.2) is 36.4 Å². The van der Waals surface area contributed by atoms with Crippen LogP contribution in [0, 0.1) is 0 Å². The molecule has 1 aromatic carbocycles. The van der Waals surface area contributed by atoms with E-state index in [-0.39, 0.29) is 29.5 Å². The Kier molecular flexibility index (Phi) is 8.88. The molecule has 2 N–H and O–H groups in total. The van der Waals surface area contributed by atoms with Crippen molar-refractivity contribution >= 4 is 34.9 Å². The predicted molar refractivity (Wildman–Crippen MR) is 135 cm³/mol. The molecule has 2 fully saturated rings. The maximum atomic E-state index is 12.8. The lowest BCUT2D eigenvalue weighted by molar-refractivity contribution is -0.200. The summed E-state index contributed by atoms with van der Waals surface area (Å²) in [5.41, 5.74) is 3.73. The van der Waals surface area contributed by atoms with Crippen LogP contribution in [0.4, 0.5) is 0 Å². The summed E-state index contributed by atoms with van der Waals surface area (Å²) in [6, 6.07) is 12.0. The number of ether oxygens (including phenoxy) is 2. The number of carbonyl (C=O) groups is 2. The second-order valence-electron chi connectivity index (χ2n) is 8.57. The zero-order chi connectivity index (χ0) is 23.8. The number of benzene rings is 1. The fraction of sp³-hybridized carbons (Fsp3) is 0.520. The molecule has 184 valence electrons. The van der Waals surface area contributed by atoms with E-state index in [0.717, 1.165) is 48.3 Å². The molecule has 2 aliphatic heterocycles. The van der Waals surface area contributed by atoms with Gasteiger partial charge in [-0.15, -0.1) is 23.1 Å². The molecule has 7 nitrogen and oxygen atoms in total. The Bertz CT molecular complexity index is 950. The molecule has 34 heavy (non-hydrogen) atoms. The lowest BCUT2D eigenvalue weighted by Gasteiger charge is -2.35. The van der Waals surface area contributed by atoms with Gasteiger partial charge in [0, 0.05) is 36.3 Å². The quantitative estimate of drug-likeness (QED) is 0.485. The number of hydrogen-bond acceptors (Lipinski definition) is 7. The average Bonchev–Trinajstić information content (AvgIpc) is 3.39. The number of hydroxylamine groups is 1. The normalized spacial score (nSPS) is 22.7. The highest BCUT2D eigenvalue weighted by molar-refractivity contribution is 8.00. The molecular weight excluding hydrogens is 472 g/mol. The first-order chi connectivity index (χ1) is 16.6. The number of rotatable bonds is 9. The molecule has 2 amide bonds. The lowest BCUT2D eigenvalue weighted by atomic mass is 9.94. The second kappa shape index (κ2) is 12.1. The molecule has 0 aliphatic carbocycles. The third kappa shape index (κ3) is 6.53. The Morgan fingerprint density at radius 2 is 1.94 bits per heavy atom. The molecule has 1 aromatic heterocycles. The maximum Gasteiger partial charge on any atom is 0.257 e. The number of hydrogen-bond donors (Lipinski definition) is 2. The highest BCUT2D eigenvalue weighted by Gasteiger charge is 2.38. The number of amides is 2. The van der Waals surface area contributed by atoms with Gasteiger partial charge in [-0.05, 0) is 73.4 Å². The standard InChI is InChI=1S/C25H32N2O5S2/c1-26-23(29)17-31-19-9-7-18(8-10-19)20-11-12-21(34-20)25(13-3-5-15-33-25)16-22(28)27-32-24-6-2-4-14-30-24/h7-12,24H,2-6,13-17H2,1H3,(H,26,29)(H,27,28)/t24?,25-/m0/s1. The summed E-state index contributed by atoms with van der Waals surface area (Å²) in [4.78, 5) is 32.1. The SMILES string of the molecule is CNC(=O)COc1ccc(-c2ccc([C@@]3(CC(=O)NOC4CCCCO4)CCCCS3)s2)cc1. The van der Waals surface area contributed by atoms with Crippen molar-refractivity contribution in [3.63, 3.8) is 0 Å². The molecule has 0 saturated carbocycles. The molecule has 4 rings (SSSR count). The molecule has 9 heteroatoms. The molecule has 0 spiro atoms. The first kappa shape index (κ1) is 25.0. The van der Waals surface area contributed by atoms with Crippen molar-refractivity contribution in [2.45, 2.75) is 56.0 Å². The number of likely N-dealkylation sites (N-methyl/N-ethyl adjacent to an activating group) is 1. The summed E-state index contributed by atoms with van der Waals surface area (Å²) in [6.07, 6.45) is 6.20. The maximum absolute atomic E-state index is 12.8. The van der Waals surface area contributed by atoms with Gasteiger partial charge in [0.1, 0.15) is 5.75 Å². The molecule has 1 unspecified atom stereocenters. The fourth-order valence-corrected chi connectivity index (χ4v) is 7.07. The van der Waals surface area contributed by atoms with Gasteiger partial charge < -0.3 is 14.8 Å². The summed E-state index contributed by atoms with van der Waals surface area (Å²) < 4.78 is 10.8. The highest BCUT2D eigenvalue weighted by atomic mass is 32.2. The minimum absolute atomic E-state index is 0.00259. The highest BCUT2D eigenvalue weighted by Crippen LogP contribution is 2.50. The van der Waals surface area contributed by atoms with Gasteiger partial charge in [0.2, 0.25) is 5.91 Å². The first-order valence-electron chi connectivity index (χ1n) is 11.8. The van der Waals surface area contributed by atoms with E-state index >= 15 is 0 Å². The van der Waals surface area contributed by atoms with E-state index in [2.05, 4.69) is 22.9 Å². The number of thioether (sulfide) groups is 1. The van der Waals surface area contributed by atoms with Gasteiger partial charge in [-0.3, -0.25) is 9.59 Å². The third-order valence-electron chi connectivity index (χ3n) is 6.08. The Hall–Kier alpha value is -2.07. The van der Waals surface area contributed by atoms with Crippen molar-refractivity contribution in [1.29, 1.82) is 0 Å². The summed E-state index contributed by atoms with van der Waals surface area (Å²) in [5.74, 6) is 1.44. The van der Waals surface area contributed by atoms with Gasteiger partial charge in [-0.2, -0.15) is 0 Å². The Morgan fingerprint density at radius 1 is 1.09 bits per heavy atom. The zero-order valence-corrected chi connectivity index (χ0v) is 21.1. The average molecular weight is 505 g/mol. The number of carbonyl (C=O) groups excluding carboxylic acids is 2.